The molecule has 1 aromatic carbocycles. The molecular weight excluding hydrogens is 430 g/mol. The van der Waals surface area contributed by atoms with Gasteiger partial charge in [0.1, 0.15) is 11.0 Å². The summed E-state index contributed by atoms with van der Waals surface area (Å²) >= 11 is 9.28. The van der Waals surface area contributed by atoms with E-state index in [1.807, 2.05) is 23.6 Å². The van der Waals surface area contributed by atoms with Crippen molar-refractivity contribution in [1.29, 1.82) is 0 Å². The van der Waals surface area contributed by atoms with E-state index in [0.29, 0.717) is 16.5 Å². The van der Waals surface area contributed by atoms with E-state index in [-0.39, 0.29) is 5.91 Å². The van der Waals surface area contributed by atoms with Crippen LogP contribution in [0.2, 0.25) is 5.02 Å². The highest BCUT2D eigenvalue weighted by Crippen LogP contribution is 2.45. The van der Waals surface area contributed by atoms with E-state index >= 15 is 0 Å². The van der Waals surface area contributed by atoms with E-state index in [0.717, 1.165) is 20.6 Å². The lowest BCUT2D eigenvalue weighted by atomic mass is 10.1. The number of hydrogen-bond donors (Lipinski definition) is 1. The van der Waals surface area contributed by atoms with Crippen molar-refractivity contribution in [1.82, 2.24) is 10.3 Å². The van der Waals surface area contributed by atoms with Crippen molar-refractivity contribution in [3.05, 3.63) is 58.7 Å². The summed E-state index contributed by atoms with van der Waals surface area (Å²) in [5.74, 6) is 0.405. The quantitative estimate of drug-likeness (QED) is 0.643. The van der Waals surface area contributed by atoms with Crippen molar-refractivity contribution in [3.63, 3.8) is 0 Å². The predicted molar refractivity (Wildman–Crippen MR) is 117 cm³/mol. The third kappa shape index (κ3) is 2.99. The molecule has 0 saturated carbocycles. The number of hydrogen-bond acceptors (Lipinski definition) is 6. The first kappa shape index (κ1) is 18.5. The Kier molecular flexibility index (Phi) is 4.49. The van der Waals surface area contributed by atoms with E-state index in [4.69, 9.17) is 16.3 Å². The minimum atomic E-state index is -0.473. The number of halogens is 1. The molecular formula is C20H14ClN3O3S2. The molecule has 0 aliphatic carbocycles. The second-order valence-corrected chi connectivity index (χ2v) is 9.09. The highest BCUT2D eigenvalue weighted by atomic mass is 35.5. The SMILES string of the molecule is COc1ccc(Cl)c(C2=CC3NC(=O)N(c4cncc5sccc45)C(=O)C3S2)c1. The van der Waals surface area contributed by atoms with Gasteiger partial charge in [0.2, 0.25) is 0 Å². The molecule has 29 heavy (non-hydrogen) atoms. The van der Waals surface area contributed by atoms with Gasteiger partial charge in [-0.3, -0.25) is 9.78 Å². The van der Waals surface area contributed by atoms with E-state index in [2.05, 4.69) is 10.3 Å². The monoisotopic (exact) mass is 443 g/mol. The number of nitrogens with one attached hydrogen (secondary N) is 1. The number of thiophene rings is 1. The molecule has 2 atom stereocenters. The van der Waals surface area contributed by atoms with Gasteiger partial charge >= 0.3 is 6.03 Å². The number of fused-ring (bicyclic) bond motifs is 2. The number of carbonyl (C=O) groups is 2. The maximum Gasteiger partial charge on any atom is 0.329 e. The van der Waals surface area contributed by atoms with Gasteiger partial charge in [0.05, 0.1) is 29.7 Å². The molecule has 0 bridgehead atoms. The van der Waals surface area contributed by atoms with Gasteiger partial charge in [-0.1, -0.05) is 11.6 Å². The van der Waals surface area contributed by atoms with Crippen LogP contribution >= 0.6 is 34.7 Å². The molecule has 1 saturated heterocycles. The molecule has 146 valence electrons. The minimum Gasteiger partial charge on any atom is -0.497 e. The van der Waals surface area contributed by atoms with Crippen LogP contribution in [0.15, 0.2) is 48.1 Å². The van der Waals surface area contributed by atoms with Gasteiger partial charge < -0.3 is 10.1 Å². The molecule has 3 aromatic rings. The van der Waals surface area contributed by atoms with Crippen molar-refractivity contribution in [2.24, 2.45) is 0 Å². The lowest BCUT2D eigenvalue weighted by Gasteiger charge is -2.33. The fourth-order valence-corrected chi connectivity index (χ4v) is 5.85. The first-order valence-electron chi connectivity index (χ1n) is 8.75. The van der Waals surface area contributed by atoms with Gasteiger partial charge in [0, 0.05) is 27.1 Å². The standard InChI is InChI=1S/C20H14ClN3O3S2/c1-27-10-2-3-13(21)12(6-10)16-7-14-18(29-16)19(25)24(20(26)23-14)15-8-22-9-17-11(15)4-5-28-17/h2-9,14,18H,1H3,(H,23,26). The normalized spacial score (nSPS) is 21.2. The fraction of sp³-hybridized carbons (Fsp3) is 0.150. The highest BCUT2D eigenvalue weighted by molar-refractivity contribution is 8.09. The van der Waals surface area contributed by atoms with Crippen LogP contribution in [0.1, 0.15) is 5.56 Å². The number of aromatic nitrogens is 1. The average molecular weight is 444 g/mol. The highest BCUT2D eigenvalue weighted by Gasteiger charge is 2.45. The van der Waals surface area contributed by atoms with Crippen LogP contribution in [0.5, 0.6) is 5.75 Å². The number of nitrogens with zero attached hydrogens (tertiary/aromatic N) is 2. The van der Waals surface area contributed by atoms with Crippen molar-refractivity contribution in [3.8, 4) is 5.75 Å². The summed E-state index contributed by atoms with van der Waals surface area (Å²) in [4.78, 5) is 32.3. The molecule has 0 radical (unpaired) electrons. The molecule has 2 unspecified atom stereocenters. The second kappa shape index (κ2) is 7.05. The van der Waals surface area contributed by atoms with Crippen LogP contribution in [0.3, 0.4) is 0 Å². The molecule has 1 N–H and O–H groups in total. The summed E-state index contributed by atoms with van der Waals surface area (Å²) < 4.78 is 6.21. The van der Waals surface area contributed by atoms with Crippen LogP contribution < -0.4 is 15.0 Å². The van der Waals surface area contributed by atoms with Crippen LogP contribution in [0.25, 0.3) is 15.0 Å². The summed E-state index contributed by atoms with van der Waals surface area (Å²) in [6.07, 6.45) is 5.17. The average Bonchev–Trinajstić information content (AvgIpc) is 3.36. The van der Waals surface area contributed by atoms with Gasteiger partial charge in [-0.25, -0.2) is 9.69 Å². The molecule has 5 rings (SSSR count). The molecule has 2 aromatic heterocycles. The lowest BCUT2D eigenvalue weighted by molar-refractivity contribution is -0.118. The topological polar surface area (TPSA) is 71.5 Å². The third-order valence-electron chi connectivity index (χ3n) is 4.91. The van der Waals surface area contributed by atoms with E-state index < -0.39 is 17.3 Å². The Labute approximate surface area is 179 Å². The van der Waals surface area contributed by atoms with E-state index in [9.17, 15) is 9.59 Å². The molecule has 9 heteroatoms. The maximum atomic E-state index is 13.3. The number of ether oxygens (including phenoxy) is 1. The van der Waals surface area contributed by atoms with Gasteiger partial charge in [0.15, 0.2) is 0 Å². The molecule has 4 heterocycles. The maximum absolute atomic E-state index is 13.3. The van der Waals surface area contributed by atoms with E-state index in [1.165, 1.54) is 28.0 Å². The third-order valence-corrected chi connectivity index (χ3v) is 7.45. The number of urea groups is 1. The Balaban J connectivity index is 1.50. The Morgan fingerprint density at radius 1 is 1.24 bits per heavy atom. The lowest BCUT2D eigenvalue weighted by Crippen LogP contribution is -2.60. The van der Waals surface area contributed by atoms with Crippen molar-refractivity contribution in [2.75, 3.05) is 12.0 Å². The Morgan fingerprint density at radius 3 is 2.93 bits per heavy atom. The summed E-state index contributed by atoms with van der Waals surface area (Å²) in [5.41, 5.74) is 1.28. The number of pyridine rings is 1. The van der Waals surface area contributed by atoms with Gasteiger partial charge in [-0.2, -0.15) is 0 Å². The first-order chi connectivity index (χ1) is 14.1. The first-order valence-corrected chi connectivity index (χ1v) is 10.9. The Bertz CT molecular complexity index is 1190. The second-order valence-electron chi connectivity index (χ2n) is 6.56. The minimum absolute atomic E-state index is 0.269. The van der Waals surface area contributed by atoms with E-state index in [1.54, 1.807) is 31.6 Å². The summed E-state index contributed by atoms with van der Waals surface area (Å²) in [6, 6.07) is 6.41. The summed E-state index contributed by atoms with van der Waals surface area (Å²) in [6.45, 7) is 0. The number of carbonyl (C=O) groups excluding carboxylic acids is 2. The Hall–Kier alpha value is -2.55. The Morgan fingerprint density at radius 2 is 2.10 bits per heavy atom. The summed E-state index contributed by atoms with van der Waals surface area (Å²) in [7, 11) is 1.59. The van der Waals surface area contributed by atoms with Crippen LogP contribution in [-0.2, 0) is 4.79 Å². The zero-order chi connectivity index (χ0) is 20.1. The van der Waals surface area contributed by atoms with Gasteiger partial charge in [-0.15, -0.1) is 23.1 Å². The van der Waals surface area contributed by atoms with Crippen molar-refractivity contribution >= 4 is 67.3 Å². The number of amides is 3. The van der Waals surface area contributed by atoms with Gasteiger partial charge in [-0.05, 0) is 35.7 Å². The number of benzene rings is 1. The largest absolute Gasteiger partial charge is 0.497 e. The van der Waals surface area contributed by atoms with Gasteiger partial charge in [0.25, 0.3) is 5.91 Å². The fourth-order valence-electron chi connectivity index (χ4n) is 3.51. The number of rotatable bonds is 3. The zero-order valence-corrected chi connectivity index (χ0v) is 17.5. The van der Waals surface area contributed by atoms with Crippen LogP contribution in [-0.4, -0.2) is 35.3 Å². The smallest absolute Gasteiger partial charge is 0.329 e. The van der Waals surface area contributed by atoms with Crippen molar-refractivity contribution in [2.45, 2.75) is 11.3 Å². The molecule has 2 aliphatic heterocycles. The molecule has 6 nitrogen and oxygen atoms in total. The molecule has 1 fully saturated rings. The molecule has 3 amide bonds. The molecule has 2 aliphatic rings. The molecule has 0 spiro atoms. The number of methoxy groups -OCH3 is 1. The predicted octanol–water partition coefficient (Wildman–Crippen LogP) is 4.54. The number of thioether (sulfide) groups is 1. The number of anilines is 1. The number of imide groups is 1. The van der Waals surface area contributed by atoms with Crippen LogP contribution in [0, 0.1) is 0 Å². The summed E-state index contributed by atoms with van der Waals surface area (Å²) in [5, 5.41) is 5.77. The van der Waals surface area contributed by atoms with Crippen molar-refractivity contribution < 1.29 is 14.3 Å². The zero-order valence-electron chi connectivity index (χ0n) is 15.1. The van der Waals surface area contributed by atoms with Crippen LogP contribution in [0.4, 0.5) is 10.5 Å².